The molecule has 0 saturated heterocycles. The third kappa shape index (κ3) is 3.91. The number of benzene rings is 1. The summed E-state index contributed by atoms with van der Waals surface area (Å²) >= 11 is 0. The van der Waals surface area contributed by atoms with Crippen LogP contribution in [-0.2, 0) is 4.79 Å². The first kappa shape index (κ1) is 18.6. The summed E-state index contributed by atoms with van der Waals surface area (Å²) in [6, 6.07) is 8.66. The largest absolute Gasteiger partial charge is 0.370 e. The number of rotatable bonds is 7. The summed E-state index contributed by atoms with van der Waals surface area (Å²) in [5.74, 6) is -0.428. The lowest BCUT2D eigenvalue weighted by Crippen LogP contribution is -2.50. The first-order valence-corrected chi connectivity index (χ1v) is 9.72. The van der Waals surface area contributed by atoms with Gasteiger partial charge in [0.15, 0.2) is 0 Å². The number of aromatic nitrogens is 1. The molecule has 2 amide bonds. The minimum atomic E-state index is -0.629. The molecule has 2 aromatic rings. The van der Waals surface area contributed by atoms with Gasteiger partial charge in [-0.1, -0.05) is 6.07 Å². The highest BCUT2D eigenvalue weighted by atomic mass is 19.1. The average molecular weight is 381 g/mol. The second-order valence-corrected chi connectivity index (χ2v) is 8.23. The van der Waals surface area contributed by atoms with Gasteiger partial charge in [-0.25, -0.2) is 4.98 Å². The summed E-state index contributed by atoms with van der Waals surface area (Å²) in [5.41, 5.74) is 8.15. The van der Waals surface area contributed by atoms with Gasteiger partial charge in [0.1, 0.15) is 0 Å². The normalized spacial score (nSPS) is 18.4. The topological polar surface area (TPSA) is 85.1 Å². The lowest BCUT2D eigenvalue weighted by atomic mass is 9.90. The van der Waals surface area contributed by atoms with Crippen molar-refractivity contribution >= 4 is 11.8 Å². The zero-order valence-corrected chi connectivity index (χ0v) is 15.9. The lowest BCUT2D eigenvalue weighted by Gasteiger charge is -2.30. The first-order chi connectivity index (χ1) is 13.4. The molecule has 1 heterocycles. The number of primary amides is 1. The van der Waals surface area contributed by atoms with Crippen molar-refractivity contribution in [2.24, 2.45) is 11.7 Å². The fourth-order valence-corrected chi connectivity index (χ4v) is 3.94. The smallest absolute Gasteiger partial charge is 0.251 e. The summed E-state index contributed by atoms with van der Waals surface area (Å²) in [6.07, 6.45) is 5.82. The molecule has 0 radical (unpaired) electrons. The van der Waals surface area contributed by atoms with Crippen LogP contribution in [0.3, 0.4) is 0 Å². The SMILES string of the molecule is CC(CC(N)=O)(NC(=O)c1ccc(C2CC2)c(-c2ccc(F)nc2)c1)C1CC1. The number of halogens is 1. The summed E-state index contributed by atoms with van der Waals surface area (Å²) < 4.78 is 13.2. The Hall–Kier alpha value is -2.76. The average Bonchev–Trinajstić information content (AvgIpc) is 3.54. The summed E-state index contributed by atoms with van der Waals surface area (Å²) in [7, 11) is 0. The Morgan fingerprint density at radius 1 is 1.21 bits per heavy atom. The van der Waals surface area contributed by atoms with Crippen LogP contribution in [0, 0.1) is 11.9 Å². The number of hydrogen-bond acceptors (Lipinski definition) is 3. The van der Waals surface area contributed by atoms with Gasteiger partial charge in [-0.15, -0.1) is 0 Å². The maximum absolute atomic E-state index is 13.2. The van der Waals surface area contributed by atoms with Gasteiger partial charge in [0.2, 0.25) is 11.9 Å². The quantitative estimate of drug-likeness (QED) is 0.720. The Kier molecular flexibility index (Phi) is 4.65. The molecule has 2 aliphatic carbocycles. The Labute approximate surface area is 163 Å². The van der Waals surface area contributed by atoms with E-state index >= 15 is 0 Å². The maximum atomic E-state index is 13.2. The van der Waals surface area contributed by atoms with Gasteiger partial charge < -0.3 is 11.1 Å². The number of carbonyl (C=O) groups is 2. The van der Waals surface area contributed by atoms with E-state index in [0.29, 0.717) is 11.5 Å². The Morgan fingerprint density at radius 2 is 1.96 bits per heavy atom. The molecule has 1 aromatic carbocycles. The predicted octanol–water partition coefficient (Wildman–Crippen LogP) is 3.54. The van der Waals surface area contributed by atoms with Gasteiger partial charge >= 0.3 is 0 Å². The van der Waals surface area contributed by atoms with Crippen LogP contribution in [-0.4, -0.2) is 22.3 Å². The van der Waals surface area contributed by atoms with Crippen molar-refractivity contribution in [1.29, 1.82) is 0 Å². The van der Waals surface area contributed by atoms with E-state index in [-0.39, 0.29) is 18.2 Å². The standard InChI is InChI=1S/C22H24FN3O2/c1-22(11-20(24)27,16-6-7-16)26-21(28)14-4-8-17(13-2-3-13)18(10-14)15-5-9-19(23)25-12-15/h4-5,8-10,12-13,16H,2-3,6-7,11H2,1H3,(H2,24,27)(H,26,28). The van der Waals surface area contributed by atoms with E-state index in [0.717, 1.165) is 42.4 Å². The van der Waals surface area contributed by atoms with Crippen LogP contribution in [0.4, 0.5) is 4.39 Å². The molecule has 5 nitrogen and oxygen atoms in total. The van der Waals surface area contributed by atoms with Crippen LogP contribution in [0.1, 0.15) is 60.9 Å². The monoisotopic (exact) mass is 381 g/mol. The van der Waals surface area contributed by atoms with E-state index in [1.165, 1.54) is 12.3 Å². The van der Waals surface area contributed by atoms with Crippen molar-refractivity contribution in [3.8, 4) is 11.1 Å². The Morgan fingerprint density at radius 3 is 2.54 bits per heavy atom. The molecule has 2 saturated carbocycles. The Balaban J connectivity index is 1.64. The van der Waals surface area contributed by atoms with E-state index < -0.39 is 17.4 Å². The number of amides is 2. The molecule has 146 valence electrons. The minimum Gasteiger partial charge on any atom is -0.370 e. The van der Waals surface area contributed by atoms with Gasteiger partial charge in [-0.3, -0.25) is 9.59 Å². The molecule has 1 aromatic heterocycles. The van der Waals surface area contributed by atoms with Gasteiger partial charge in [-0.05, 0) is 79.8 Å². The van der Waals surface area contributed by atoms with Crippen LogP contribution < -0.4 is 11.1 Å². The molecule has 3 N–H and O–H groups in total. The number of hydrogen-bond donors (Lipinski definition) is 2. The highest BCUT2D eigenvalue weighted by molar-refractivity contribution is 5.96. The van der Waals surface area contributed by atoms with Crippen LogP contribution in [0.2, 0.25) is 0 Å². The first-order valence-electron chi connectivity index (χ1n) is 9.72. The predicted molar refractivity (Wildman–Crippen MR) is 104 cm³/mol. The van der Waals surface area contributed by atoms with Gasteiger partial charge in [0.25, 0.3) is 5.91 Å². The van der Waals surface area contributed by atoms with Gasteiger partial charge in [-0.2, -0.15) is 4.39 Å². The van der Waals surface area contributed by atoms with Crippen LogP contribution in [0.25, 0.3) is 11.1 Å². The molecule has 0 bridgehead atoms. The Bertz CT molecular complexity index is 920. The molecule has 0 spiro atoms. The summed E-state index contributed by atoms with van der Waals surface area (Å²) in [5, 5.41) is 3.04. The fraction of sp³-hybridized carbons (Fsp3) is 0.409. The van der Waals surface area contributed by atoms with E-state index in [2.05, 4.69) is 10.3 Å². The van der Waals surface area contributed by atoms with Gasteiger partial charge in [0.05, 0.1) is 0 Å². The second-order valence-electron chi connectivity index (χ2n) is 8.23. The molecular formula is C22H24FN3O2. The fourth-order valence-electron chi connectivity index (χ4n) is 3.94. The van der Waals surface area contributed by atoms with Crippen molar-refractivity contribution in [3.05, 3.63) is 53.6 Å². The molecule has 1 unspecified atom stereocenters. The molecule has 1 atom stereocenters. The number of nitrogens with zero attached hydrogens (tertiary/aromatic N) is 1. The molecule has 28 heavy (non-hydrogen) atoms. The maximum Gasteiger partial charge on any atom is 0.251 e. The van der Waals surface area contributed by atoms with E-state index in [4.69, 9.17) is 5.73 Å². The molecule has 2 fully saturated rings. The number of nitrogens with two attached hydrogens (primary N) is 1. The van der Waals surface area contributed by atoms with Crippen LogP contribution in [0.15, 0.2) is 36.5 Å². The third-order valence-corrected chi connectivity index (χ3v) is 5.79. The highest BCUT2D eigenvalue weighted by Crippen LogP contribution is 2.45. The summed E-state index contributed by atoms with van der Waals surface area (Å²) in [4.78, 5) is 28.2. The highest BCUT2D eigenvalue weighted by Gasteiger charge is 2.43. The number of carbonyl (C=O) groups excluding carboxylic acids is 2. The van der Waals surface area contributed by atoms with E-state index in [9.17, 15) is 14.0 Å². The molecule has 2 aliphatic rings. The molecule has 4 rings (SSSR count). The van der Waals surface area contributed by atoms with Crippen molar-refractivity contribution < 1.29 is 14.0 Å². The van der Waals surface area contributed by atoms with Crippen molar-refractivity contribution in [2.75, 3.05) is 0 Å². The lowest BCUT2D eigenvalue weighted by molar-refractivity contribution is -0.119. The van der Waals surface area contributed by atoms with E-state index in [1.54, 1.807) is 6.07 Å². The molecular weight excluding hydrogens is 357 g/mol. The second kappa shape index (κ2) is 7.00. The van der Waals surface area contributed by atoms with Crippen molar-refractivity contribution in [1.82, 2.24) is 10.3 Å². The molecule has 6 heteroatoms. The zero-order chi connectivity index (χ0) is 19.9. The summed E-state index contributed by atoms with van der Waals surface area (Å²) in [6.45, 7) is 1.89. The zero-order valence-electron chi connectivity index (χ0n) is 15.9. The van der Waals surface area contributed by atoms with Crippen molar-refractivity contribution in [2.45, 2.75) is 50.5 Å². The number of pyridine rings is 1. The van der Waals surface area contributed by atoms with Gasteiger partial charge in [0, 0.05) is 29.3 Å². The van der Waals surface area contributed by atoms with Crippen LogP contribution in [0.5, 0.6) is 0 Å². The number of nitrogens with one attached hydrogen (secondary N) is 1. The third-order valence-electron chi connectivity index (χ3n) is 5.79. The van der Waals surface area contributed by atoms with E-state index in [1.807, 2.05) is 25.1 Å². The minimum absolute atomic E-state index is 0.123. The van der Waals surface area contributed by atoms with Crippen LogP contribution >= 0.6 is 0 Å². The molecule has 0 aliphatic heterocycles. The van der Waals surface area contributed by atoms with Crippen molar-refractivity contribution in [3.63, 3.8) is 0 Å².